The van der Waals surface area contributed by atoms with Crippen LogP contribution in [0.4, 0.5) is 0 Å². The standard InChI is InChI=1S/C16H21BrN2O3/c1-22-15(20)10-14(11-2-4-13(17)5-3-11)19-16(21)12-6-8-18-9-7-12/h2-5,12,14,18H,6-10H2,1H3,(H,19,21). The summed E-state index contributed by atoms with van der Waals surface area (Å²) in [7, 11) is 1.36. The highest BCUT2D eigenvalue weighted by atomic mass is 79.9. The fraction of sp³-hybridized carbons (Fsp3) is 0.500. The van der Waals surface area contributed by atoms with Gasteiger partial charge in [-0.05, 0) is 43.6 Å². The summed E-state index contributed by atoms with van der Waals surface area (Å²) < 4.78 is 5.70. The molecule has 6 heteroatoms. The zero-order chi connectivity index (χ0) is 15.9. The molecule has 1 aliphatic heterocycles. The van der Waals surface area contributed by atoms with Gasteiger partial charge in [0.2, 0.25) is 5.91 Å². The Morgan fingerprint density at radius 1 is 1.32 bits per heavy atom. The minimum absolute atomic E-state index is 0.0110. The number of piperidine rings is 1. The van der Waals surface area contributed by atoms with Gasteiger partial charge in [0.25, 0.3) is 0 Å². The first-order valence-electron chi connectivity index (χ1n) is 7.43. The number of hydrogen-bond donors (Lipinski definition) is 2. The number of esters is 1. The summed E-state index contributed by atoms with van der Waals surface area (Å²) in [6.07, 6.45) is 1.79. The van der Waals surface area contributed by atoms with Crippen molar-refractivity contribution in [2.24, 2.45) is 5.92 Å². The predicted octanol–water partition coefficient (Wildman–Crippen LogP) is 2.17. The van der Waals surface area contributed by atoms with Crippen LogP contribution in [0, 0.1) is 5.92 Å². The average molecular weight is 369 g/mol. The molecule has 0 bridgehead atoms. The van der Waals surface area contributed by atoms with Crippen LogP contribution in [0.15, 0.2) is 28.7 Å². The van der Waals surface area contributed by atoms with Gasteiger partial charge in [0, 0.05) is 10.4 Å². The summed E-state index contributed by atoms with van der Waals surface area (Å²) in [6.45, 7) is 1.72. The van der Waals surface area contributed by atoms with Crippen molar-refractivity contribution >= 4 is 27.8 Å². The Kier molecular flexibility index (Phi) is 6.39. The predicted molar refractivity (Wildman–Crippen MR) is 87.3 cm³/mol. The van der Waals surface area contributed by atoms with E-state index in [1.807, 2.05) is 24.3 Å². The Hall–Kier alpha value is -1.40. The molecule has 0 radical (unpaired) electrons. The first-order valence-corrected chi connectivity index (χ1v) is 8.23. The third-order valence-electron chi connectivity index (χ3n) is 3.90. The molecule has 120 valence electrons. The van der Waals surface area contributed by atoms with Crippen molar-refractivity contribution in [2.75, 3.05) is 20.2 Å². The molecule has 0 aromatic heterocycles. The van der Waals surface area contributed by atoms with Crippen molar-refractivity contribution in [1.82, 2.24) is 10.6 Å². The van der Waals surface area contributed by atoms with Crippen molar-refractivity contribution in [1.29, 1.82) is 0 Å². The van der Waals surface area contributed by atoms with Crippen LogP contribution in [0.1, 0.15) is 30.9 Å². The third kappa shape index (κ3) is 4.81. The summed E-state index contributed by atoms with van der Waals surface area (Å²) in [5, 5.41) is 6.25. The van der Waals surface area contributed by atoms with E-state index in [0.29, 0.717) is 0 Å². The zero-order valence-corrected chi connectivity index (χ0v) is 14.2. The molecule has 1 amide bonds. The molecule has 1 aromatic rings. The molecule has 1 atom stereocenters. The lowest BCUT2D eigenvalue weighted by molar-refractivity contribution is -0.141. The Morgan fingerprint density at radius 2 is 1.95 bits per heavy atom. The molecule has 22 heavy (non-hydrogen) atoms. The van der Waals surface area contributed by atoms with E-state index < -0.39 is 0 Å². The maximum Gasteiger partial charge on any atom is 0.307 e. The van der Waals surface area contributed by atoms with Crippen molar-refractivity contribution in [3.05, 3.63) is 34.3 Å². The molecule has 0 saturated carbocycles. The Morgan fingerprint density at radius 3 is 2.55 bits per heavy atom. The lowest BCUT2D eigenvalue weighted by atomic mass is 9.95. The number of hydrogen-bond acceptors (Lipinski definition) is 4. The van der Waals surface area contributed by atoms with Crippen molar-refractivity contribution in [3.63, 3.8) is 0 Å². The number of halogens is 1. The highest BCUT2D eigenvalue weighted by Crippen LogP contribution is 2.22. The average Bonchev–Trinajstić information content (AvgIpc) is 2.55. The molecule has 1 unspecified atom stereocenters. The molecule has 1 saturated heterocycles. The van der Waals surface area contributed by atoms with Gasteiger partial charge in [-0.2, -0.15) is 0 Å². The molecule has 5 nitrogen and oxygen atoms in total. The normalized spacial score (nSPS) is 16.8. The van der Waals surface area contributed by atoms with E-state index in [2.05, 4.69) is 26.6 Å². The van der Waals surface area contributed by atoms with Crippen molar-refractivity contribution in [2.45, 2.75) is 25.3 Å². The van der Waals surface area contributed by atoms with Gasteiger partial charge in [0.1, 0.15) is 0 Å². The van der Waals surface area contributed by atoms with Crippen LogP contribution in [0.5, 0.6) is 0 Å². The molecule has 1 aliphatic rings. The van der Waals surface area contributed by atoms with E-state index in [1.165, 1.54) is 7.11 Å². The highest BCUT2D eigenvalue weighted by molar-refractivity contribution is 9.10. The van der Waals surface area contributed by atoms with Gasteiger partial charge >= 0.3 is 5.97 Å². The molecule has 1 heterocycles. The summed E-state index contributed by atoms with van der Waals surface area (Å²) in [4.78, 5) is 24.0. The van der Waals surface area contributed by atoms with Crippen LogP contribution in [0.3, 0.4) is 0 Å². The van der Waals surface area contributed by atoms with Gasteiger partial charge in [-0.3, -0.25) is 9.59 Å². The maximum absolute atomic E-state index is 12.4. The molecule has 2 rings (SSSR count). The highest BCUT2D eigenvalue weighted by Gasteiger charge is 2.25. The lowest BCUT2D eigenvalue weighted by Crippen LogP contribution is -2.40. The van der Waals surface area contributed by atoms with Crippen molar-refractivity contribution < 1.29 is 14.3 Å². The molecule has 2 N–H and O–H groups in total. The smallest absolute Gasteiger partial charge is 0.307 e. The van der Waals surface area contributed by atoms with Crippen LogP contribution >= 0.6 is 15.9 Å². The van der Waals surface area contributed by atoms with Gasteiger partial charge in [-0.1, -0.05) is 28.1 Å². The Bertz CT molecular complexity index is 513. The number of carbonyl (C=O) groups is 2. The van der Waals surface area contributed by atoms with Gasteiger partial charge in [0.05, 0.1) is 19.6 Å². The number of rotatable bonds is 5. The van der Waals surface area contributed by atoms with E-state index in [0.717, 1.165) is 36.0 Å². The van der Waals surface area contributed by atoms with Gasteiger partial charge in [-0.15, -0.1) is 0 Å². The molecule has 1 fully saturated rings. The Labute approximate surface area is 138 Å². The quantitative estimate of drug-likeness (QED) is 0.781. The second-order valence-electron chi connectivity index (χ2n) is 5.42. The van der Waals surface area contributed by atoms with Crippen LogP contribution in [-0.2, 0) is 14.3 Å². The number of nitrogens with one attached hydrogen (secondary N) is 2. The van der Waals surface area contributed by atoms with Gasteiger partial charge in [-0.25, -0.2) is 0 Å². The van der Waals surface area contributed by atoms with E-state index >= 15 is 0 Å². The number of carbonyl (C=O) groups excluding carboxylic acids is 2. The topological polar surface area (TPSA) is 67.4 Å². The number of methoxy groups -OCH3 is 1. The molecular formula is C16H21BrN2O3. The van der Waals surface area contributed by atoms with Crippen molar-refractivity contribution in [3.8, 4) is 0 Å². The van der Waals surface area contributed by atoms with Gasteiger partial charge < -0.3 is 15.4 Å². The van der Waals surface area contributed by atoms with E-state index in [9.17, 15) is 9.59 Å². The molecule has 0 spiro atoms. The second-order valence-corrected chi connectivity index (χ2v) is 6.33. The van der Waals surface area contributed by atoms with Crippen LogP contribution < -0.4 is 10.6 Å². The first kappa shape index (κ1) is 17.0. The lowest BCUT2D eigenvalue weighted by Gasteiger charge is -2.25. The second kappa shape index (κ2) is 8.29. The maximum atomic E-state index is 12.4. The first-order chi connectivity index (χ1) is 10.6. The fourth-order valence-corrected chi connectivity index (χ4v) is 2.84. The SMILES string of the molecule is COC(=O)CC(NC(=O)C1CCNCC1)c1ccc(Br)cc1. The summed E-state index contributed by atoms with van der Waals surface area (Å²) in [5.74, 6) is -0.311. The molecule has 0 aliphatic carbocycles. The summed E-state index contributed by atoms with van der Waals surface area (Å²) in [6, 6.07) is 7.25. The summed E-state index contributed by atoms with van der Waals surface area (Å²) >= 11 is 3.39. The van der Waals surface area contributed by atoms with E-state index in [1.54, 1.807) is 0 Å². The van der Waals surface area contributed by atoms with Crippen LogP contribution in [0.2, 0.25) is 0 Å². The van der Waals surface area contributed by atoms with E-state index in [4.69, 9.17) is 4.74 Å². The molecular weight excluding hydrogens is 348 g/mol. The Balaban J connectivity index is 2.07. The largest absolute Gasteiger partial charge is 0.469 e. The van der Waals surface area contributed by atoms with Crippen LogP contribution in [0.25, 0.3) is 0 Å². The minimum Gasteiger partial charge on any atom is -0.469 e. The number of benzene rings is 1. The minimum atomic E-state index is -0.358. The molecule has 1 aromatic carbocycles. The van der Waals surface area contributed by atoms with Crippen LogP contribution in [-0.4, -0.2) is 32.1 Å². The zero-order valence-electron chi connectivity index (χ0n) is 12.6. The third-order valence-corrected chi connectivity index (χ3v) is 4.43. The monoisotopic (exact) mass is 368 g/mol. The number of ether oxygens (including phenoxy) is 1. The van der Waals surface area contributed by atoms with Gasteiger partial charge in [0.15, 0.2) is 0 Å². The van der Waals surface area contributed by atoms with E-state index in [-0.39, 0.29) is 30.3 Å². The summed E-state index contributed by atoms with van der Waals surface area (Å²) in [5.41, 5.74) is 0.899. The fourth-order valence-electron chi connectivity index (χ4n) is 2.57. The number of amides is 1.